The van der Waals surface area contributed by atoms with Gasteiger partial charge in [-0.2, -0.15) is 11.8 Å². The molecule has 86 valence electrons. The van der Waals surface area contributed by atoms with Crippen molar-refractivity contribution in [3.8, 4) is 0 Å². The molecule has 0 bridgehead atoms. The second kappa shape index (κ2) is 4.42. The lowest BCUT2D eigenvalue weighted by molar-refractivity contribution is -0.143. The van der Waals surface area contributed by atoms with Crippen molar-refractivity contribution < 1.29 is 14.7 Å². The van der Waals surface area contributed by atoms with E-state index in [9.17, 15) is 9.59 Å². The smallest absolute Gasteiger partial charge is 0.330 e. The van der Waals surface area contributed by atoms with Gasteiger partial charge in [0.1, 0.15) is 11.2 Å². The Morgan fingerprint density at radius 1 is 1.56 bits per heavy atom. The Bertz CT molecular complexity index is 399. The van der Waals surface area contributed by atoms with Crippen LogP contribution in [0.4, 0.5) is 0 Å². The van der Waals surface area contributed by atoms with E-state index >= 15 is 0 Å². The second-order valence-electron chi connectivity index (χ2n) is 3.52. The molecule has 1 saturated heterocycles. The van der Waals surface area contributed by atoms with Crippen molar-refractivity contribution >= 4 is 35.0 Å². The molecule has 5 nitrogen and oxygen atoms in total. The van der Waals surface area contributed by atoms with Crippen molar-refractivity contribution in [2.45, 2.75) is 12.0 Å². The summed E-state index contributed by atoms with van der Waals surface area (Å²) in [5.41, 5.74) is 0.708. The molecule has 0 aromatic carbocycles. The molecule has 2 heterocycles. The number of carbonyl (C=O) groups is 2. The highest BCUT2D eigenvalue weighted by Gasteiger charge is 2.43. The molecule has 2 N–H and O–H groups in total. The fourth-order valence-electron chi connectivity index (χ4n) is 1.49. The Hall–Kier alpha value is -1.08. The summed E-state index contributed by atoms with van der Waals surface area (Å²) in [6.45, 7) is 0. The van der Waals surface area contributed by atoms with E-state index in [0.717, 1.165) is 5.75 Å². The van der Waals surface area contributed by atoms with Gasteiger partial charge in [-0.3, -0.25) is 4.79 Å². The predicted octanol–water partition coefficient (Wildman–Crippen LogP) is 0.833. The molecule has 0 saturated carbocycles. The zero-order valence-corrected chi connectivity index (χ0v) is 9.94. The highest BCUT2D eigenvalue weighted by molar-refractivity contribution is 7.99. The van der Waals surface area contributed by atoms with Crippen LogP contribution < -0.4 is 5.32 Å². The van der Waals surface area contributed by atoms with Crippen LogP contribution in [-0.4, -0.2) is 39.0 Å². The second-order valence-corrected chi connectivity index (χ2v) is 5.34. The molecule has 1 aromatic rings. The van der Waals surface area contributed by atoms with Crippen molar-refractivity contribution in [1.82, 2.24) is 10.3 Å². The Balaban J connectivity index is 2.13. The Labute approximate surface area is 100 Å². The highest BCUT2D eigenvalue weighted by atomic mass is 32.2. The van der Waals surface area contributed by atoms with E-state index in [0.29, 0.717) is 12.2 Å². The first-order valence-electron chi connectivity index (χ1n) is 4.66. The van der Waals surface area contributed by atoms with Crippen molar-refractivity contribution in [1.29, 1.82) is 0 Å². The highest BCUT2D eigenvalue weighted by Crippen LogP contribution is 2.28. The van der Waals surface area contributed by atoms with Gasteiger partial charge in [-0.05, 0) is 12.2 Å². The molecule has 1 fully saturated rings. The molecular weight excluding hydrogens is 248 g/mol. The van der Waals surface area contributed by atoms with E-state index in [2.05, 4.69) is 10.3 Å². The molecule has 16 heavy (non-hydrogen) atoms. The number of carbonyl (C=O) groups excluding carboxylic acids is 1. The standard InChI is InChI=1S/C9H10N2O3S2/c12-7(6-3-16-5-10-6)11-9(8(13)14)1-2-15-4-9/h3,5H,1-2,4H2,(H,11,12)(H,13,14). The molecular formula is C9H10N2O3S2. The number of aliphatic carboxylic acids is 1. The van der Waals surface area contributed by atoms with Gasteiger partial charge in [-0.25, -0.2) is 9.78 Å². The van der Waals surface area contributed by atoms with Crippen LogP contribution >= 0.6 is 23.1 Å². The molecule has 0 spiro atoms. The Morgan fingerprint density at radius 2 is 2.38 bits per heavy atom. The quantitative estimate of drug-likeness (QED) is 0.839. The first kappa shape index (κ1) is 11.4. The van der Waals surface area contributed by atoms with E-state index in [1.165, 1.54) is 23.1 Å². The van der Waals surface area contributed by atoms with E-state index in [-0.39, 0.29) is 5.69 Å². The summed E-state index contributed by atoms with van der Waals surface area (Å²) in [6.07, 6.45) is 0.461. The number of thiazole rings is 1. The number of aromatic nitrogens is 1. The third-order valence-electron chi connectivity index (χ3n) is 2.45. The van der Waals surface area contributed by atoms with Gasteiger partial charge in [-0.1, -0.05) is 0 Å². The van der Waals surface area contributed by atoms with Gasteiger partial charge < -0.3 is 10.4 Å². The molecule has 1 amide bonds. The summed E-state index contributed by atoms with van der Waals surface area (Å²) in [7, 11) is 0. The van der Waals surface area contributed by atoms with E-state index in [1.807, 2.05) is 0 Å². The third kappa shape index (κ3) is 2.05. The molecule has 1 aromatic heterocycles. The van der Waals surface area contributed by atoms with Crippen molar-refractivity contribution in [3.05, 3.63) is 16.6 Å². The summed E-state index contributed by atoms with van der Waals surface area (Å²) in [5, 5.41) is 13.3. The van der Waals surface area contributed by atoms with Crippen LogP contribution in [0.25, 0.3) is 0 Å². The van der Waals surface area contributed by atoms with Crippen LogP contribution in [0.1, 0.15) is 16.9 Å². The van der Waals surface area contributed by atoms with Crippen molar-refractivity contribution in [3.63, 3.8) is 0 Å². The van der Waals surface area contributed by atoms with Gasteiger partial charge in [0.2, 0.25) is 0 Å². The number of hydrogen-bond acceptors (Lipinski definition) is 5. The molecule has 1 aliphatic heterocycles. The van der Waals surface area contributed by atoms with Crippen LogP contribution in [0, 0.1) is 0 Å². The third-order valence-corrected chi connectivity index (χ3v) is 4.22. The zero-order chi connectivity index (χ0) is 11.6. The molecule has 1 aliphatic rings. The topological polar surface area (TPSA) is 79.3 Å². The van der Waals surface area contributed by atoms with Gasteiger partial charge in [0.25, 0.3) is 5.91 Å². The maximum atomic E-state index is 11.7. The molecule has 2 rings (SSSR count). The lowest BCUT2D eigenvalue weighted by Gasteiger charge is -2.23. The van der Waals surface area contributed by atoms with Gasteiger partial charge in [-0.15, -0.1) is 11.3 Å². The lowest BCUT2D eigenvalue weighted by atomic mass is 9.99. The molecule has 1 atom stereocenters. The van der Waals surface area contributed by atoms with Gasteiger partial charge in [0.15, 0.2) is 0 Å². The average Bonchev–Trinajstić information content (AvgIpc) is 2.88. The number of carboxylic acids is 1. The first-order valence-corrected chi connectivity index (χ1v) is 6.76. The van der Waals surface area contributed by atoms with Crippen LogP contribution in [0.3, 0.4) is 0 Å². The number of nitrogens with one attached hydrogen (secondary N) is 1. The largest absolute Gasteiger partial charge is 0.479 e. The van der Waals surface area contributed by atoms with Crippen molar-refractivity contribution in [2.24, 2.45) is 0 Å². The van der Waals surface area contributed by atoms with Crippen LogP contribution in [-0.2, 0) is 4.79 Å². The number of nitrogens with zero attached hydrogens (tertiary/aromatic N) is 1. The molecule has 1 unspecified atom stereocenters. The minimum atomic E-state index is -1.12. The van der Waals surface area contributed by atoms with E-state index in [1.54, 1.807) is 10.9 Å². The summed E-state index contributed by atoms with van der Waals surface area (Å²) in [4.78, 5) is 26.8. The molecule has 0 aliphatic carbocycles. The van der Waals surface area contributed by atoms with E-state index < -0.39 is 17.4 Å². The first-order chi connectivity index (χ1) is 7.64. The summed E-state index contributed by atoms with van der Waals surface area (Å²) in [5.74, 6) is -0.214. The van der Waals surface area contributed by atoms with Gasteiger partial charge in [0, 0.05) is 11.1 Å². The number of amides is 1. The summed E-state index contributed by atoms with van der Waals surface area (Å²) < 4.78 is 0. The maximum Gasteiger partial charge on any atom is 0.330 e. The van der Waals surface area contributed by atoms with Gasteiger partial charge >= 0.3 is 5.97 Å². The molecule has 0 radical (unpaired) electrons. The Kier molecular flexibility index (Phi) is 3.15. The number of carboxylic acid groups (broad SMARTS) is 1. The van der Waals surface area contributed by atoms with Crippen LogP contribution in [0.5, 0.6) is 0 Å². The van der Waals surface area contributed by atoms with E-state index in [4.69, 9.17) is 5.11 Å². The molecule has 7 heteroatoms. The maximum absolute atomic E-state index is 11.7. The number of hydrogen-bond donors (Lipinski definition) is 2. The summed E-state index contributed by atoms with van der Waals surface area (Å²) >= 11 is 2.84. The monoisotopic (exact) mass is 258 g/mol. The van der Waals surface area contributed by atoms with Crippen molar-refractivity contribution in [2.75, 3.05) is 11.5 Å². The van der Waals surface area contributed by atoms with Gasteiger partial charge in [0.05, 0.1) is 5.51 Å². The fraction of sp³-hybridized carbons (Fsp3) is 0.444. The SMILES string of the molecule is O=C(NC1(C(=O)O)CCSC1)c1cscn1. The lowest BCUT2D eigenvalue weighted by Crippen LogP contribution is -2.54. The minimum absolute atomic E-state index is 0.280. The zero-order valence-electron chi connectivity index (χ0n) is 8.30. The average molecular weight is 258 g/mol. The summed E-state index contributed by atoms with van der Waals surface area (Å²) in [6, 6.07) is 0. The number of thioether (sulfide) groups is 1. The minimum Gasteiger partial charge on any atom is -0.479 e. The Morgan fingerprint density at radius 3 is 2.88 bits per heavy atom. The van der Waals surface area contributed by atoms with Crippen LogP contribution in [0.15, 0.2) is 10.9 Å². The normalized spacial score (nSPS) is 24.2. The van der Waals surface area contributed by atoms with Crippen LogP contribution in [0.2, 0.25) is 0 Å². The predicted molar refractivity (Wildman–Crippen MR) is 61.9 cm³/mol. The number of rotatable bonds is 3. The fourth-order valence-corrected chi connectivity index (χ4v) is 3.35.